The predicted molar refractivity (Wildman–Crippen MR) is 99.2 cm³/mol. The molecule has 2 rings (SSSR count). The summed E-state index contributed by atoms with van der Waals surface area (Å²) < 4.78 is 0. The second kappa shape index (κ2) is 11.9. The summed E-state index contributed by atoms with van der Waals surface area (Å²) in [5.74, 6) is -3.98. The zero-order chi connectivity index (χ0) is 21.4. The minimum Gasteiger partial charge on any atom is -0.665 e. The summed E-state index contributed by atoms with van der Waals surface area (Å²) in [7, 11) is 0. The summed E-state index contributed by atoms with van der Waals surface area (Å²) in [4.78, 5) is 20.8. The topological polar surface area (TPSA) is 179 Å². The van der Waals surface area contributed by atoms with Gasteiger partial charge in [0.25, 0.3) is 11.9 Å². The van der Waals surface area contributed by atoms with Crippen molar-refractivity contribution < 1.29 is 59.7 Å². The monoisotopic (exact) mass is 455 g/mol. The van der Waals surface area contributed by atoms with Gasteiger partial charge in [-0.1, -0.05) is 18.1 Å². The minimum atomic E-state index is -1.25. The van der Waals surface area contributed by atoms with E-state index in [-0.39, 0.29) is 55.3 Å². The van der Waals surface area contributed by atoms with Crippen LogP contribution >= 0.6 is 0 Å². The number of phenols is 4. The normalized spacial score (nSPS) is 11.9. The molecular formula is C19H21NO8Zn. The van der Waals surface area contributed by atoms with Crippen LogP contribution in [0.1, 0.15) is 11.1 Å². The van der Waals surface area contributed by atoms with E-state index < -0.39 is 23.9 Å². The largest absolute Gasteiger partial charge is 2.00 e. The molecule has 0 amide bonds. The number of rotatable bonds is 6. The Bertz CT molecular complexity index is 773. The van der Waals surface area contributed by atoms with Crippen LogP contribution in [0.25, 0.3) is 5.73 Å². The fourth-order valence-corrected chi connectivity index (χ4v) is 2.09. The molecular weight excluding hydrogens is 436 g/mol. The van der Waals surface area contributed by atoms with E-state index >= 15 is 0 Å². The van der Waals surface area contributed by atoms with Gasteiger partial charge in [-0.15, -0.1) is 0 Å². The summed E-state index contributed by atoms with van der Waals surface area (Å²) >= 11 is 0. The molecule has 1 unspecified atom stereocenters. The third kappa shape index (κ3) is 8.80. The number of aromatic hydroxyl groups is 4. The predicted octanol–water partition coefficient (Wildman–Crippen LogP) is 2.32. The first-order valence-electron chi connectivity index (χ1n) is 8.02. The second-order valence-corrected chi connectivity index (χ2v) is 5.98. The van der Waals surface area contributed by atoms with Crippen molar-refractivity contribution in [2.45, 2.75) is 18.9 Å². The molecule has 0 aliphatic heterocycles. The van der Waals surface area contributed by atoms with Gasteiger partial charge in [0.05, 0.1) is 0 Å². The Morgan fingerprint density at radius 2 is 1.21 bits per heavy atom. The Hall–Kier alpha value is -2.84. The first kappa shape index (κ1) is 26.2. The molecule has 0 fully saturated rings. The number of carbonyl (C=O) groups is 2. The van der Waals surface area contributed by atoms with Gasteiger partial charge in [0.1, 0.15) is 0 Å². The molecule has 2 atom stereocenters. The molecule has 10 heteroatoms. The molecule has 29 heavy (non-hydrogen) atoms. The van der Waals surface area contributed by atoms with E-state index in [9.17, 15) is 9.59 Å². The van der Waals surface area contributed by atoms with Crippen LogP contribution in [-0.4, -0.2) is 48.6 Å². The Morgan fingerprint density at radius 3 is 1.55 bits per heavy atom. The van der Waals surface area contributed by atoms with Crippen LogP contribution < -0.4 is 0 Å². The van der Waals surface area contributed by atoms with Crippen LogP contribution in [0.2, 0.25) is 0 Å². The van der Waals surface area contributed by atoms with Crippen LogP contribution in [-0.2, 0) is 41.9 Å². The van der Waals surface area contributed by atoms with Gasteiger partial charge in [-0.3, -0.25) is 9.59 Å². The quantitative estimate of drug-likeness (QED) is 0.217. The zero-order valence-corrected chi connectivity index (χ0v) is 18.4. The number of aliphatic carboxylic acids is 2. The first-order chi connectivity index (χ1) is 13.0. The van der Waals surface area contributed by atoms with Crippen LogP contribution in [0.3, 0.4) is 0 Å². The van der Waals surface area contributed by atoms with Crippen LogP contribution in [0.5, 0.6) is 23.0 Å². The van der Waals surface area contributed by atoms with Gasteiger partial charge in [-0.2, -0.15) is 0 Å². The summed E-state index contributed by atoms with van der Waals surface area (Å²) in [5.41, 5.74) is 8.27. The molecule has 0 spiro atoms. The fraction of sp³-hybridized carbons (Fsp3) is 0.211. The summed E-state index contributed by atoms with van der Waals surface area (Å²) in [6, 6.07) is 6.93. The Morgan fingerprint density at radius 1 is 0.793 bits per heavy atom. The number of hydrogen-bond acceptors (Lipinski definition) is 6. The SMILES string of the molecule is [CH2-][C@@H](Cc1ccc(O)c(O)c1)C(=O)O.[NH-]C(Cc1ccc(O)c(O)c1)C(=O)O.[Zn+2]. The maximum atomic E-state index is 10.5. The van der Waals surface area contributed by atoms with E-state index in [1.807, 2.05) is 0 Å². The van der Waals surface area contributed by atoms with Crippen molar-refractivity contribution in [1.29, 1.82) is 0 Å². The average molecular weight is 457 g/mol. The molecule has 0 aliphatic carbocycles. The summed E-state index contributed by atoms with van der Waals surface area (Å²) in [6.07, 6.45) is 0.229. The number of phenolic OH excluding ortho intramolecular Hbond substituents is 4. The van der Waals surface area contributed by atoms with Gasteiger partial charge < -0.3 is 43.3 Å². The molecule has 152 valence electrons. The molecule has 0 heterocycles. The Labute approximate surface area is 179 Å². The number of benzene rings is 2. The van der Waals surface area contributed by atoms with Gasteiger partial charge in [0.15, 0.2) is 23.0 Å². The number of carboxylic acid groups (broad SMARTS) is 2. The Kier molecular flexibility index (Phi) is 10.7. The third-order valence-electron chi connectivity index (χ3n) is 3.65. The average Bonchev–Trinajstić information content (AvgIpc) is 2.61. The molecule has 2 aromatic rings. The van der Waals surface area contributed by atoms with Crippen molar-refractivity contribution in [2.24, 2.45) is 5.92 Å². The van der Waals surface area contributed by atoms with Crippen LogP contribution in [0, 0.1) is 12.8 Å². The van der Waals surface area contributed by atoms with E-state index in [1.165, 1.54) is 30.3 Å². The molecule has 0 aromatic heterocycles. The third-order valence-corrected chi connectivity index (χ3v) is 3.65. The van der Waals surface area contributed by atoms with E-state index in [4.69, 9.17) is 36.4 Å². The maximum absolute atomic E-state index is 10.5. The molecule has 0 aliphatic rings. The van der Waals surface area contributed by atoms with Gasteiger partial charge in [-0.25, -0.2) is 0 Å². The van der Waals surface area contributed by atoms with Crippen molar-refractivity contribution in [2.75, 3.05) is 0 Å². The van der Waals surface area contributed by atoms with Crippen molar-refractivity contribution in [3.8, 4) is 23.0 Å². The first-order valence-corrected chi connectivity index (χ1v) is 8.02. The fourth-order valence-electron chi connectivity index (χ4n) is 2.09. The van der Waals surface area contributed by atoms with Crippen LogP contribution in [0.4, 0.5) is 0 Å². The number of carboxylic acids is 2. The van der Waals surface area contributed by atoms with E-state index in [1.54, 1.807) is 6.07 Å². The molecule has 0 saturated carbocycles. The number of nitrogens with one attached hydrogen (secondary N) is 1. The van der Waals surface area contributed by atoms with Crippen molar-refractivity contribution in [1.82, 2.24) is 0 Å². The van der Waals surface area contributed by atoms with Gasteiger partial charge >= 0.3 is 19.5 Å². The molecule has 2 aromatic carbocycles. The Balaban J connectivity index is 0.000000523. The molecule has 0 radical (unpaired) electrons. The minimum absolute atomic E-state index is 0. The van der Waals surface area contributed by atoms with Gasteiger partial charge in [0, 0.05) is 0 Å². The van der Waals surface area contributed by atoms with E-state index in [0.29, 0.717) is 11.1 Å². The van der Waals surface area contributed by atoms with E-state index in [2.05, 4.69) is 6.92 Å². The molecule has 7 N–H and O–H groups in total. The standard InChI is InChI=1S/C10H11O4.C9H10NO4.Zn/c1-6(10(13)14)4-7-2-3-8(11)9(12)5-7;10-6(9(13)14)3-5-1-2-7(11)8(12)4-5;/h2-3,5-6,11-12H,1,4H2,(H,13,14);1-2,4,6,10-12H,3H2,(H,13,14);/q2*-1;+2/t6-;;/m0../s1. The number of hydrogen-bond donors (Lipinski definition) is 6. The maximum Gasteiger partial charge on any atom is 2.00 e. The van der Waals surface area contributed by atoms with Crippen molar-refractivity contribution in [3.05, 3.63) is 60.2 Å². The molecule has 9 nitrogen and oxygen atoms in total. The molecule has 0 bridgehead atoms. The molecule has 0 saturated heterocycles. The van der Waals surface area contributed by atoms with Crippen LogP contribution in [0.15, 0.2) is 36.4 Å². The van der Waals surface area contributed by atoms with Gasteiger partial charge in [0.2, 0.25) is 0 Å². The summed E-state index contributed by atoms with van der Waals surface area (Å²) in [6.45, 7) is 3.44. The zero-order valence-electron chi connectivity index (χ0n) is 15.4. The van der Waals surface area contributed by atoms with Crippen molar-refractivity contribution >= 4 is 11.9 Å². The van der Waals surface area contributed by atoms with Gasteiger partial charge in [-0.05, 0) is 54.3 Å². The smallest absolute Gasteiger partial charge is 0.665 e. The van der Waals surface area contributed by atoms with Crippen molar-refractivity contribution in [3.63, 3.8) is 0 Å². The second-order valence-electron chi connectivity index (χ2n) is 5.98. The van der Waals surface area contributed by atoms with E-state index in [0.717, 1.165) is 0 Å². The summed E-state index contributed by atoms with van der Waals surface area (Å²) in [5, 5.41) is 53.3.